The van der Waals surface area contributed by atoms with Crippen molar-refractivity contribution in [3.8, 4) is 17.7 Å². The van der Waals surface area contributed by atoms with Crippen LogP contribution in [0, 0.1) is 24.1 Å². The molecule has 2 aromatic rings. The van der Waals surface area contributed by atoms with E-state index in [4.69, 9.17) is 15.1 Å². The molecule has 0 unspecified atom stereocenters. The minimum Gasteiger partial charge on any atom is -0.478 e. The van der Waals surface area contributed by atoms with Crippen LogP contribution in [-0.2, 0) is 0 Å². The van der Waals surface area contributed by atoms with Crippen molar-refractivity contribution in [2.45, 2.75) is 6.92 Å². The average molecular weight is 272 g/mol. The van der Waals surface area contributed by atoms with E-state index in [-0.39, 0.29) is 22.8 Å². The molecular weight excluding hydrogens is 263 g/mol. The highest BCUT2D eigenvalue weighted by Gasteiger charge is 2.11. The zero-order valence-corrected chi connectivity index (χ0v) is 10.4. The topological polar surface area (TPSA) is 83.2 Å². The number of hydrogen-bond acceptors (Lipinski definition) is 4. The van der Waals surface area contributed by atoms with Crippen molar-refractivity contribution in [2.24, 2.45) is 0 Å². The second-order valence-electron chi connectivity index (χ2n) is 4.01. The molecule has 100 valence electrons. The molecule has 5 nitrogen and oxygen atoms in total. The summed E-state index contributed by atoms with van der Waals surface area (Å²) in [4.78, 5) is 14.6. The maximum Gasteiger partial charge on any atom is 0.337 e. The number of aromatic carboxylic acids is 1. The van der Waals surface area contributed by atoms with Gasteiger partial charge in [-0.2, -0.15) is 5.26 Å². The van der Waals surface area contributed by atoms with Gasteiger partial charge in [0, 0.05) is 11.8 Å². The van der Waals surface area contributed by atoms with Gasteiger partial charge in [-0.05, 0) is 31.2 Å². The van der Waals surface area contributed by atoms with Crippen molar-refractivity contribution < 1.29 is 19.0 Å². The molecule has 0 fully saturated rings. The first-order valence-corrected chi connectivity index (χ1v) is 5.58. The lowest BCUT2D eigenvalue weighted by Gasteiger charge is -2.08. The van der Waals surface area contributed by atoms with Gasteiger partial charge in [0.05, 0.1) is 17.2 Å². The number of aryl methyl sites for hydroxylation is 1. The Bertz CT molecular complexity index is 723. The van der Waals surface area contributed by atoms with E-state index in [1.165, 1.54) is 18.2 Å². The standard InChI is InChI=1S/C14H9FN2O3/c1-8-4-10(14(18)19)7-17-13(8)20-12-3-2-9(6-16)5-11(12)15/h2-5,7H,1H3,(H,18,19). The summed E-state index contributed by atoms with van der Waals surface area (Å²) in [6, 6.07) is 6.98. The lowest BCUT2D eigenvalue weighted by atomic mass is 10.2. The van der Waals surface area contributed by atoms with E-state index in [2.05, 4.69) is 4.98 Å². The van der Waals surface area contributed by atoms with Crippen molar-refractivity contribution in [3.05, 3.63) is 53.0 Å². The molecule has 0 aliphatic rings. The number of carbonyl (C=O) groups is 1. The van der Waals surface area contributed by atoms with Crippen LogP contribution in [0.3, 0.4) is 0 Å². The molecule has 1 N–H and O–H groups in total. The van der Waals surface area contributed by atoms with Gasteiger partial charge >= 0.3 is 5.97 Å². The number of halogens is 1. The summed E-state index contributed by atoms with van der Waals surface area (Å²) in [6.45, 7) is 1.61. The van der Waals surface area contributed by atoms with Crippen LogP contribution in [0.1, 0.15) is 21.5 Å². The van der Waals surface area contributed by atoms with Gasteiger partial charge in [0.15, 0.2) is 11.6 Å². The minimum absolute atomic E-state index is 0.0233. The summed E-state index contributed by atoms with van der Waals surface area (Å²) in [5.41, 5.74) is 0.671. The second kappa shape index (κ2) is 5.36. The van der Waals surface area contributed by atoms with E-state index < -0.39 is 11.8 Å². The molecule has 0 aliphatic carbocycles. The van der Waals surface area contributed by atoms with Gasteiger partial charge in [-0.3, -0.25) is 0 Å². The van der Waals surface area contributed by atoms with Crippen LogP contribution in [-0.4, -0.2) is 16.1 Å². The highest BCUT2D eigenvalue weighted by atomic mass is 19.1. The molecule has 1 heterocycles. The van der Waals surface area contributed by atoms with Crippen LogP contribution in [0.25, 0.3) is 0 Å². The molecule has 0 amide bonds. The first-order valence-electron chi connectivity index (χ1n) is 5.58. The minimum atomic E-state index is -1.10. The van der Waals surface area contributed by atoms with Gasteiger partial charge in [0.25, 0.3) is 0 Å². The second-order valence-corrected chi connectivity index (χ2v) is 4.01. The summed E-state index contributed by atoms with van der Waals surface area (Å²) in [6.07, 6.45) is 1.13. The van der Waals surface area contributed by atoms with Crippen LogP contribution in [0.15, 0.2) is 30.5 Å². The molecule has 0 aliphatic heterocycles. The molecule has 0 spiro atoms. The van der Waals surface area contributed by atoms with Crippen LogP contribution < -0.4 is 4.74 Å². The van der Waals surface area contributed by atoms with E-state index in [1.807, 2.05) is 6.07 Å². The predicted octanol–water partition coefficient (Wildman–Crippen LogP) is 2.89. The molecular formula is C14H9FN2O3. The summed E-state index contributed by atoms with van der Waals surface area (Å²) >= 11 is 0. The molecule has 0 saturated heterocycles. The number of nitrogens with zero attached hydrogens (tertiary/aromatic N) is 2. The SMILES string of the molecule is Cc1cc(C(=O)O)cnc1Oc1ccc(C#N)cc1F. The number of hydrogen-bond donors (Lipinski definition) is 1. The lowest BCUT2D eigenvalue weighted by Crippen LogP contribution is -2.00. The van der Waals surface area contributed by atoms with Gasteiger partial charge in [-0.25, -0.2) is 14.2 Å². The van der Waals surface area contributed by atoms with E-state index in [1.54, 1.807) is 6.92 Å². The van der Waals surface area contributed by atoms with Gasteiger partial charge in [0.1, 0.15) is 0 Å². The predicted molar refractivity (Wildman–Crippen MR) is 67.1 cm³/mol. The molecule has 0 atom stereocenters. The Morgan fingerprint density at radius 2 is 2.20 bits per heavy atom. The molecule has 2 rings (SSSR count). The number of ether oxygens (including phenoxy) is 1. The molecule has 20 heavy (non-hydrogen) atoms. The van der Waals surface area contributed by atoms with E-state index in [9.17, 15) is 9.18 Å². The number of benzene rings is 1. The summed E-state index contributed by atoms with van der Waals surface area (Å²) in [7, 11) is 0. The van der Waals surface area contributed by atoms with Crippen LogP contribution >= 0.6 is 0 Å². The highest BCUT2D eigenvalue weighted by Crippen LogP contribution is 2.26. The summed E-state index contributed by atoms with van der Waals surface area (Å²) in [5, 5.41) is 17.5. The fraction of sp³-hybridized carbons (Fsp3) is 0.0714. The van der Waals surface area contributed by atoms with Gasteiger partial charge in [-0.1, -0.05) is 0 Å². The smallest absolute Gasteiger partial charge is 0.337 e. The molecule has 0 radical (unpaired) electrons. The Labute approximate surface area is 113 Å². The van der Waals surface area contributed by atoms with Crippen molar-refractivity contribution in [1.29, 1.82) is 5.26 Å². The van der Waals surface area contributed by atoms with Crippen molar-refractivity contribution in [2.75, 3.05) is 0 Å². The Balaban J connectivity index is 2.31. The van der Waals surface area contributed by atoms with E-state index in [0.717, 1.165) is 12.3 Å². The Morgan fingerprint density at radius 1 is 1.45 bits per heavy atom. The summed E-state index contributed by atoms with van der Waals surface area (Å²) in [5.74, 6) is -1.76. The normalized spacial score (nSPS) is 9.85. The zero-order valence-electron chi connectivity index (χ0n) is 10.4. The van der Waals surface area contributed by atoms with Crippen molar-refractivity contribution in [3.63, 3.8) is 0 Å². The maximum absolute atomic E-state index is 13.7. The molecule has 6 heteroatoms. The average Bonchev–Trinajstić information content (AvgIpc) is 2.42. The molecule has 0 bridgehead atoms. The first-order chi connectivity index (χ1) is 9.51. The van der Waals surface area contributed by atoms with Gasteiger partial charge < -0.3 is 9.84 Å². The monoisotopic (exact) mass is 272 g/mol. The lowest BCUT2D eigenvalue weighted by molar-refractivity contribution is 0.0696. The third kappa shape index (κ3) is 2.72. The van der Waals surface area contributed by atoms with E-state index >= 15 is 0 Å². The van der Waals surface area contributed by atoms with E-state index in [0.29, 0.717) is 5.56 Å². The third-order valence-electron chi connectivity index (χ3n) is 2.54. The Hall–Kier alpha value is -2.94. The number of aromatic nitrogens is 1. The quantitative estimate of drug-likeness (QED) is 0.928. The largest absolute Gasteiger partial charge is 0.478 e. The number of nitriles is 1. The Morgan fingerprint density at radius 3 is 2.75 bits per heavy atom. The maximum atomic E-state index is 13.7. The number of rotatable bonds is 3. The van der Waals surface area contributed by atoms with Crippen LogP contribution in [0.5, 0.6) is 11.6 Å². The zero-order chi connectivity index (χ0) is 14.7. The van der Waals surface area contributed by atoms with Crippen molar-refractivity contribution in [1.82, 2.24) is 4.98 Å². The number of pyridine rings is 1. The van der Waals surface area contributed by atoms with Gasteiger partial charge in [-0.15, -0.1) is 0 Å². The van der Waals surface area contributed by atoms with Crippen LogP contribution in [0.2, 0.25) is 0 Å². The van der Waals surface area contributed by atoms with Crippen molar-refractivity contribution >= 4 is 5.97 Å². The fourth-order valence-corrected chi connectivity index (χ4v) is 1.54. The fourth-order valence-electron chi connectivity index (χ4n) is 1.54. The molecule has 1 aromatic heterocycles. The van der Waals surface area contributed by atoms with Crippen LogP contribution in [0.4, 0.5) is 4.39 Å². The molecule has 1 aromatic carbocycles. The third-order valence-corrected chi connectivity index (χ3v) is 2.54. The number of carboxylic acids is 1. The summed E-state index contributed by atoms with van der Waals surface area (Å²) < 4.78 is 18.9. The Kier molecular flexibility index (Phi) is 3.62. The number of carboxylic acid groups (broad SMARTS) is 1. The molecule has 0 saturated carbocycles. The highest BCUT2D eigenvalue weighted by molar-refractivity contribution is 5.87. The first kappa shape index (κ1) is 13.5. The van der Waals surface area contributed by atoms with Gasteiger partial charge in [0.2, 0.25) is 5.88 Å².